The smallest absolute Gasteiger partial charge is 0.410 e. The normalized spacial score (nSPS) is 13.9. The molecule has 0 atom stereocenters. The summed E-state index contributed by atoms with van der Waals surface area (Å²) >= 11 is 1.23. The van der Waals surface area contributed by atoms with Gasteiger partial charge in [-0.05, 0) is 65.3 Å². The zero-order chi connectivity index (χ0) is 31.5. The fourth-order valence-corrected chi connectivity index (χ4v) is 5.05. The number of anilines is 2. The maximum atomic E-state index is 13.0. The van der Waals surface area contributed by atoms with Gasteiger partial charge in [-0.3, -0.25) is 9.59 Å². The van der Waals surface area contributed by atoms with Crippen LogP contribution in [0.2, 0.25) is 0 Å². The predicted octanol–water partition coefficient (Wildman–Crippen LogP) is 3.98. The Bertz CT molecular complexity index is 1590. The van der Waals surface area contributed by atoms with E-state index in [-0.39, 0.29) is 18.2 Å². The van der Waals surface area contributed by atoms with Crippen LogP contribution in [0.5, 0.6) is 0 Å². The Morgan fingerprint density at radius 3 is 2.30 bits per heavy atom. The van der Waals surface area contributed by atoms with Crippen molar-refractivity contribution in [3.8, 4) is 10.6 Å². The molecule has 0 unspecified atom stereocenters. The molecule has 1 saturated heterocycles. The van der Waals surface area contributed by atoms with Gasteiger partial charge in [0.2, 0.25) is 10.9 Å². The van der Waals surface area contributed by atoms with Crippen LogP contribution in [-0.2, 0) is 14.3 Å². The van der Waals surface area contributed by atoms with Crippen molar-refractivity contribution in [3.05, 3.63) is 46.8 Å². The van der Waals surface area contributed by atoms with E-state index in [1.807, 2.05) is 31.7 Å². The maximum absolute atomic E-state index is 13.0. The quantitative estimate of drug-likeness (QED) is 0.422. The SMILES string of the molecule is C=Cc1cc(NC(=O)CNC(=O)OC(C)(C)C)cc(-c2nn3c(=O)cc(N4CCN(C(=O)OC(C)(C)C)CC4)nc3s2)c1. The summed E-state index contributed by atoms with van der Waals surface area (Å²) in [6.07, 6.45) is 0.574. The molecule has 4 rings (SSSR count). The van der Waals surface area contributed by atoms with Crippen molar-refractivity contribution < 1.29 is 23.9 Å². The van der Waals surface area contributed by atoms with Gasteiger partial charge in [0.05, 0.1) is 0 Å². The molecule has 0 bridgehead atoms. The lowest BCUT2D eigenvalue weighted by Crippen LogP contribution is -2.50. The number of ether oxygens (including phenoxy) is 2. The highest BCUT2D eigenvalue weighted by atomic mass is 32.1. The molecule has 1 fully saturated rings. The number of carbonyl (C=O) groups excluding carboxylic acids is 3. The second-order valence-electron chi connectivity index (χ2n) is 12.0. The highest BCUT2D eigenvalue weighted by Gasteiger charge is 2.27. The fraction of sp³-hybridized carbons (Fsp3) is 0.448. The monoisotopic (exact) mass is 611 g/mol. The number of rotatable bonds is 6. The number of hydrogen-bond acceptors (Lipinski definition) is 10. The van der Waals surface area contributed by atoms with Crippen LogP contribution in [0.4, 0.5) is 21.1 Å². The van der Waals surface area contributed by atoms with Crippen LogP contribution in [0, 0.1) is 0 Å². The molecular weight excluding hydrogens is 574 g/mol. The van der Waals surface area contributed by atoms with Gasteiger partial charge in [0.15, 0.2) is 0 Å². The number of nitrogens with zero attached hydrogens (tertiary/aromatic N) is 5. The van der Waals surface area contributed by atoms with Gasteiger partial charge in [-0.25, -0.2) is 14.6 Å². The summed E-state index contributed by atoms with van der Waals surface area (Å²) in [6.45, 7) is 16.1. The van der Waals surface area contributed by atoms with Gasteiger partial charge in [-0.2, -0.15) is 9.61 Å². The van der Waals surface area contributed by atoms with Gasteiger partial charge in [0, 0.05) is 43.5 Å². The molecule has 1 aromatic carbocycles. The third-order valence-corrected chi connectivity index (χ3v) is 6.96. The van der Waals surface area contributed by atoms with Crippen molar-refractivity contribution >= 4 is 52.0 Å². The van der Waals surface area contributed by atoms with Crippen LogP contribution in [-0.4, -0.2) is 81.5 Å². The molecule has 2 aromatic heterocycles. The zero-order valence-electron chi connectivity index (χ0n) is 25.2. The average molecular weight is 612 g/mol. The lowest BCUT2D eigenvalue weighted by Gasteiger charge is -2.36. The van der Waals surface area contributed by atoms with E-state index in [1.54, 1.807) is 43.9 Å². The number of nitrogens with one attached hydrogen (secondary N) is 2. The van der Waals surface area contributed by atoms with E-state index in [0.717, 1.165) is 5.56 Å². The summed E-state index contributed by atoms with van der Waals surface area (Å²) < 4.78 is 11.9. The van der Waals surface area contributed by atoms with Gasteiger partial charge in [0.25, 0.3) is 5.56 Å². The molecule has 0 saturated carbocycles. The number of aromatic nitrogens is 3. The van der Waals surface area contributed by atoms with Crippen molar-refractivity contribution in [2.75, 3.05) is 42.9 Å². The van der Waals surface area contributed by atoms with Crippen LogP contribution in [0.25, 0.3) is 21.6 Å². The molecule has 230 valence electrons. The summed E-state index contributed by atoms with van der Waals surface area (Å²) in [4.78, 5) is 58.5. The molecular formula is C29H37N7O6S. The molecule has 3 aromatic rings. The zero-order valence-corrected chi connectivity index (χ0v) is 26.0. The molecule has 0 radical (unpaired) electrons. The minimum absolute atomic E-state index is 0.280. The van der Waals surface area contributed by atoms with Gasteiger partial charge < -0.3 is 29.9 Å². The minimum Gasteiger partial charge on any atom is -0.444 e. The first-order valence-electron chi connectivity index (χ1n) is 13.8. The summed E-state index contributed by atoms with van der Waals surface area (Å²) in [5.74, 6) is 0.0611. The summed E-state index contributed by atoms with van der Waals surface area (Å²) in [5, 5.41) is 10.2. The number of fused-ring (bicyclic) bond motifs is 1. The molecule has 3 amide bonds. The molecule has 1 aliphatic rings. The van der Waals surface area contributed by atoms with Crippen molar-refractivity contribution in [1.29, 1.82) is 0 Å². The third kappa shape index (κ3) is 8.53. The number of hydrogen-bond donors (Lipinski definition) is 2. The number of alkyl carbamates (subject to hydrolysis) is 1. The van der Waals surface area contributed by atoms with E-state index in [2.05, 4.69) is 27.3 Å². The summed E-state index contributed by atoms with van der Waals surface area (Å²) in [5.41, 5.74) is 0.242. The van der Waals surface area contributed by atoms with Crippen molar-refractivity contribution in [2.24, 2.45) is 0 Å². The Kier molecular flexibility index (Phi) is 9.09. The largest absolute Gasteiger partial charge is 0.444 e. The van der Waals surface area contributed by atoms with E-state index < -0.39 is 23.2 Å². The molecule has 2 N–H and O–H groups in total. The molecule has 14 heteroatoms. The highest BCUT2D eigenvalue weighted by molar-refractivity contribution is 7.19. The number of piperazine rings is 1. The van der Waals surface area contributed by atoms with E-state index in [4.69, 9.17) is 9.47 Å². The third-order valence-electron chi connectivity index (χ3n) is 6.00. The number of carbonyl (C=O) groups is 3. The van der Waals surface area contributed by atoms with Crippen LogP contribution < -0.4 is 21.1 Å². The number of amides is 3. The standard InChI is InChI=1S/C29H37N7O6S/c1-8-18-13-19(15-20(14-18)31-22(37)17-30-26(39)41-28(2,3)4)24-33-36-23(38)16-21(32-25(36)43-24)34-9-11-35(12-10-34)27(40)42-29(5,6)7/h8,13-16H,1,9-12,17H2,2-7H3,(H,30,39)(H,31,37). The Labute approximate surface area is 253 Å². The number of benzene rings is 1. The molecule has 0 aliphatic carbocycles. The first-order valence-corrected chi connectivity index (χ1v) is 14.6. The first-order chi connectivity index (χ1) is 20.1. The fourth-order valence-electron chi connectivity index (χ4n) is 4.16. The summed E-state index contributed by atoms with van der Waals surface area (Å²) in [6, 6.07) is 6.72. The van der Waals surface area contributed by atoms with E-state index in [0.29, 0.717) is 53.2 Å². The Morgan fingerprint density at radius 1 is 1.00 bits per heavy atom. The van der Waals surface area contributed by atoms with Gasteiger partial charge in [-0.1, -0.05) is 24.0 Å². The lowest BCUT2D eigenvalue weighted by molar-refractivity contribution is -0.115. The van der Waals surface area contributed by atoms with Crippen LogP contribution >= 0.6 is 11.3 Å². The molecule has 43 heavy (non-hydrogen) atoms. The average Bonchev–Trinajstić information content (AvgIpc) is 3.35. The first kappa shape index (κ1) is 31.5. The highest BCUT2D eigenvalue weighted by Crippen LogP contribution is 2.29. The van der Waals surface area contributed by atoms with Gasteiger partial charge >= 0.3 is 12.2 Å². The minimum atomic E-state index is -0.695. The second-order valence-corrected chi connectivity index (χ2v) is 12.9. The summed E-state index contributed by atoms with van der Waals surface area (Å²) in [7, 11) is 0. The van der Waals surface area contributed by atoms with Crippen molar-refractivity contribution in [2.45, 2.75) is 52.7 Å². The molecule has 0 spiro atoms. The topological polar surface area (TPSA) is 147 Å². The Hall–Kier alpha value is -4.46. The van der Waals surface area contributed by atoms with Crippen molar-refractivity contribution in [3.63, 3.8) is 0 Å². The molecule has 1 aliphatic heterocycles. The van der Waals surface area contributed by atoms with E-state index in [9.17, 15) is 19.2 Å². The Balaban J connectivity index is 1.49. The predicted molar refractivity (Wildman–Crippen MR) is 166 cm³/mol. The second kappa shape index (κ2) is 12.4. The Morgan fingerprint density at radius 2 is 1.67 bits per heavy atom. The van der Waals surface area contributed by atoms with Crippen molar-refractivity contribution in [1.82, 2.24) is 24.8 Å². The van der Waals surface area contributed by atoms with Crippen LogP contribution in [0.3, 0.4) is 0 Å². The maximum Gasteiger partial charge on any atom is 0.410 e. The van der Waals surface area contributed by atoms with E-state index in [1.165, 1.54) is 21.9 Å². The molecule has 13 nitrogen and oxygen atoms in total. The molecule has 3 heterocycles. The van der Waals surface area contributed by atoms with Gasteiger partial charge in [0.1, 0.15) is 28.6 Å². The van der Waals surface area contributed by atoms with Gasteiger partial charge in [-0.15, -0.1) is 0 Å². The van der Waals surface area contributed by atoms with Crippen LogP contribution in [0.15, 0.2) is 35.6 Å². The van der Waals surface area contributed by atoms with E-state index >= 15 is 0 Å². The van der Waals surface area contributed by atoms with Crippen LogP contribution in [0.1, 0.15) is 47.1 Å². The lowest BCUT2D eigenvalue weighted by atomic mass is 10.1.